The maximum absolute atomic E-state index is 11.7. The molecule has 3 aromatic rings. The van der Waals surface area contributed by atoms with E-state index in [9.17, 15) is 4.79 Å². The number of nitrogens with one attached hydrogen (secondary N) is 1. The summed E-state index contributed by atoms with van der Waals surface area (Å²) in [6, 6.07) is 5.32. The van der Waals surface area contributed by atoms with Gasteiger partial charge in [0.15, 0.2) is 11.2 Å². The van der Waals surface area contributed by atoms with Gasteiger partial charge in [0, 0.05) is 0 Å². The van der Waals surface area contributed by atoms with Gasteiger partial charge in [0.25, 0.3) is 5.56 Å². The summed E-state index contributed by atoms with van der Waals surface area (Å²) < 4.78 is 1.72. The average Bonchev–Trinajstić information content (AvgIpc) is 2.77. The minimum Gasteiger partial charge on any atom is -0.369 e. The summed E-state index contributed by atoms with van der Waals surface area (Å²) in [5.41, 5.74) is 6.78. The third-order valence-electron chi connectivity index (χ3n) is 2.83. The van der Waals surface area contributed by atoms with Crippen molar-refractivity contribution in [2.75, 3.05) is 5.73 Å². The number of imidazole rings is 1. The Morgan fingerprint density at radius 3 is 2.85 bits per heavy atom. The summed E-state index contributed by atoms with van der Waals surface area (Å²) in [6.07, 6.45) is 1.54. The van der Waals surface area contributed by atoms with Gasteiger partial charge >= 0.3 is 0 Å². The zero-order chi connectivity index (χ0) is 14.3. The van der Waals surface area contributed by atoms with Crippen molar-refractivity contribution < 1.29 is 0 Å². The topological polar surface area (TPSA) is 89.6 Å². The number of H-pyrrole nitrogens is 1. The van der Waals surface area contributed by atoms with E-state index in [2.05, 4.69) is 15.0 Å². The molecule has 0 aliphatic rings. The van der Waals surface area contributed by atoms with E-state index in [0.29, 0.717) is 22.2 Å². The molecule has 1 aromatic carbocycles. The van der Waals surface area contributed by atoms with Crippen LogP contribution < -0.4 is 11.3 Å². The van der Waals surface area contributed by atoms with Crippen LogP contribution in [0.5, 0.6) is 0 Å². The van der Waals surface area contributed by atoms with Gasteiger partial charge in [-0.3, -0.25) is 9.78 Å². The smallest absolute Gasteiger partial charge is 0.280 e. The Labute approximate surface area is 123 Å². The van der Waals surface area contributed by atoms with Gasteiger partial charge in [0.2, 0.25) is 5.95 Å². The molecule has 0 radical (unpaired) electrons. The first-order valence-corrected chi connectivity index (χ1v) is 6.45. The standard InChI is InChI=1S/C12H9Cl2N5O/c13-7-2-1-6(3-8(7)14)4-19-5-16-9-10(19)17-12(15)18-11(9)20/h1-3,5H,4H2,(H3,15,17,18,20). The highest BCUT2D eigenvalue weighted by molar-refractivity contribution is 6.42. The number of nitrogen functional groups attached to an aromatic ring is 1. The lowest BCUT2D eigenvalue weighted by atomic mass is 10.2. The molecule has 0 unspecified atom stereocenters. The van der Waals surface area contributed by atoms with E-state index in [-0.39, 0.29) is 17.0 Å². The quantitative estimate of drug-likeness (QED) is 0.758. The molecule has 0 amide bonds. The zero-order valence-corrected chi connectivity index (χ0v) is 11.6. The molecule has 8 heteroatoms. The molecule has 0 spiro atoms. The number of nitrogens with zero attached hydrogens (tertiary/aromatic N) is 3. The van der Waals surface area contributed by atoms with Gasteiger partial charge in [0.05, 0.1) is 22.9 Å². The number of fused-ring (bicyclic) bond motifs is 1. The van der Waals surface area contributed by atoms with Gasteiger partial charge in [-0.1, -0.05) is 29.3 Å². The SMILES string of the molecule is Nc1nc2c(ncn2Cc2ccc(Cl)c(Cl)c2)c(=O)[nH]1. The summed E-state index contributed by atoms with van der Waals surface area (Å²) in [4.78, 5) is 22.2. The molecule has 0 fully saturated rings. The minimum atomic E-state index is -0.361. The minimum absolute atomic E-state index is 0.0541. The number of aromatic amines is 1. The van der Waals surface area contributed by atoms with Gasteiger partial charge in [0.1, 0.15) is 0 Å². The van der Waals surface area contributed by atoms with Crippen molar-refractivity contribution in [3.05, 3.63) is 50.5 Å². The van der Waals surface area contributed by atoms with Crippen LogP contribution in [0.1, 0.15) is 5.56 Å². The van der Waals surface area contributed by atoms with E-state index in [1.165, 1.54) is 6.33 Å². The first kappa shape index (κ1) is 13.0. The Kier molecular flexibility index (Phi) is 3.11. The summed E-state index contributed by atoms with van der Waals surface area (Å²) >= 11 is 11.8. The molecule has 0 aliphatic carbocycles. The number of anilines is 1. The van der Waals surface area contributed by atoms with Gasteiger partial charge in [-0.05, 0) is 17.7 Å². The van der Waals surface area contributed by atoms with Crippen molar-refractivity contribution in [3.8, 4) is 0 Å². The van der Waals surface area contributed by atoms with Gasteiger partial charge in [-0.2, -0.15) is 4.98 Å². The molecule has 6 nitrogen and oxygen atoms in total. The van der Waals surface area contributed by atoms with Gasteiger partial charge in [-0.15, -0.1) is 0 Å². The highest BCUT2D eigenvalue weighted by Gasteiger charge is 2.10. The van der Waals surface area contributed by atoms with Gasteiger partial charge < -0.3 is 10.3 Å². The molecule has 3 N–H and O–H groups in total. The number of rotatable bonds is 2. The number of hydrogen-bond donors (Lipinski definition) is 2. The molecule has 0 saturated carbocycles. The van der Waals surface area contributed by atoms with Crippen LogP contribution in [-0.2, 0) is 6.54 Å². The predicted octanol–water partition coefficient (Wildman–Crippen LogP) is 2.06. The molecule has 0 atom stereocenters. The Bertz CT molecular complexity index is 855. The zero-order valence-electron chi connectivity index (χ0n) is 10.1. The number of nitrogens with two attached hydrogens (primary N) is 1. The summed E-state index contributed by atoms with van der Waals surface area (Å²) in [6.45, 7) is 0.462. The molecule has 0 bridgehead atoms. The second-order valence-electron chi connectivity index (χ2n) is 4.24. The lowest BCUT2D eigenvalue weighted by molar-refractivity contribution is 0.814. The Hall–Kier alpha value is -2.05. The van der Waals surface area contributed by atoms with Crippen LogP contribution in [0.25, 0.3) is 11.2 Å². The Morgan fingerprint density at radius 2 is 2.10 bits per heavy atom. The van der Waals surface area contributed by atoms with E-state index in [0.717, 1.165) is 5.56 Å². The second-order valence-corrected chi connectivity index (χ2v) is 5.06. The largest absolute Gasteiger partial charge is 0.369 e. The Balaban J connectivity index is 2.06. The lowest BCUT2D eigenvalue weighted by Crippen LogP contribution is -2.12. The predicted molar refractivity (Wildman–Crippen MR) is 78.1 cm³/mol. The van der Waals surface area contributed by atoms with Crippen molar-refractivity contribution in [3.63, 3.8) is 0 Å². The average molecular weight is 310 g/mol. The van der Waals surface area contributed by atoms with Crippen LogP contribution in [0.3, 0.4) is 0 Å². The third-order valence-corrected chi connectivity index (χ3v) is 3.57. The molecule has 20 heavy (non-hydrogen) atoms. The van der Waals surface area contributed by atoms with Crippen molar-refractivity contribution >= 4 is 40.3 Å². The van der Waals surface area contributed by atoms with Crippen molar-refractivity contribution in [2.45, 2.75) is 6.54 Å². The van der Waals surface area contributed by atoms with Crippen molar-refractivity contribution in [2.24, 2.45) is 0 Å². The summed E-state index contributed by atoms with van der Waals surface area (Å²) in [5.74, 6) is 0.0541. The molecule has 3 rings (SSSR count). The molecule has 2 heterocycles. The van der Waals surface area contributed by atoms with Crippen molar-refractivity contribution in [1.82, 2.24) is 19.5 Å². The van der Waals surface area contributed by atoms with E-state index < -0.39 is 0 Å². The van der Waals surface area contributed by atoms with E-state index in [4.69, 9.17) is 28.9 Å². The number of hydrogen-bond acceptors (Lipinski definition) is 4. The van der Waals surface area contributed by atoms with E-state index in [1.54, 1.807) is 16.7 Å². The number of aromatic nitrogens is 4. The monoisotopic (exact) mass is 309 g/mol. The molecule has 0 aliphatic heterocycles. The number of halogens is 2. The Morgan fingerprint density at radius 1 is 1.30 bits per heavy atom. The maximum Gasteiger partial charge on any atom is 0.280 e. The van der Waals surface area contributed by atoms with E-state index >= 15 is 0 Å². The third kappa shape index (κ3) is 2.23. The summed E-state index contributed by atoms with van der Waals surface area (Å²) in [5, 5.41) is 0.962. The van der Waals surface area contributed by atoms with Crippen LogP contribution in [0.15, 0.2) is 29.3 Å². The fraction of sp³-hybridized carbons (Fsp3) is 0.0833. The van der Waals surface area contributed by atoms with Crippen LogP contribution in [-0.4, -0.2) is 19.5 Å². The number of benzene rings is 1. The van der Waals surface area contributed by atoms with Crippen LogP contribution in [0.2, 0.25) is 10.0 Å². The molecular weight excluding hydrogens is 301 g/mol. The first-order valence-electron chi connectivity index (χ1n) is 5.69. The van der Waals surface area contributed by atoms with E-state index in [1.807, 2.05) is 6.07 Å². The molecule has 0 saturated heterocycles. The second kappa shape index (κ2) is 4.81. The first-order chi connectivity index (χ1) is 9.54. The highest BCUT2D eigenvalue weighted by atomic mass is 35.5. The summed E-state index contributed by atoms with van der Waals surface area (Å²) in [7, 11) is 0. The molecule has 102 valence electrons. The van der Waals surface area contributed by atoms with Gasteiger partial charge in [-0.25, -0.2) is 4.98 Å². The highest BCUT2D eigenvalue weighted by Crippen LogP contribution is 2.23. The lowest BCUT2D eigenvalue weighted by Gasteiger charge is -2.05. The maximum atomic E-state index is 11.7. The molecule has 2 aromatic heterocycles. The van der Waals surface area contributed by atoms with Crippen LogP contribution >= 0.6 is 23.2 Å². The molecular formula is C12H9Cl2N5O. The van der Waals surface area contributed by atoms with Crippen molar-refractivity contribution in [1.29, 1.82) is 0 Å². The fourth-order valence-electron chi connectivity index (χ4n) is 1.92. The van der Waals surface area contributed by atoms with Crippen LogP contribution in [0.4, 0.5) is 5.95 Å². The fourth-order valence-corrected chi connectivity index (χ4v) is 2.24. The normalized spacial score (nSPS) is 11.1. The van der Waals surface area contributed by atoms with Crippen LogP contribution in [0, 0.1) is 0 Å².